The van der Waals surface area contributed by atoms with E-state index in [9.17, 15) is 9.59 Å². The van der Waals surface area contributed by atoms with E-state index in [4.69, 9.17) is 18.9 Å². The number of carbonyl (C=O) groups is 2. The van der Waals surface area contributed by atoms with Gasteiger partial charge in [0.15, 0.2) is 0 Å². The zero-order chi connectivity index (χ0) is 23.3. The predicted molar refractivity (Wildman–Crippen MR) is 126 cm³/mol. The molecule has 0 aromatic carbocycles. The van der Waals surface area contributed by atoms with Crippen molar-refractivity contribution < 1.29 is 28.5 Å². The minimum atomic E-state index is -0.280. The van der Waals surface area contributed by atoms with Crippen molar-refractivity contribution in [3.63, 3.8) is 0 Å². The molecule has 0 spiro atoms. The SMILES string of the molecule is CCCCCCCCCCCCCCOC(=O)CCCC(=O)OCC1(CC)COCOC1. The Kier molecular flexibility index (Phi) is 17.5. The van der Waals surface area contributed by atoms with Gasteiger partial charge >= 0.3 is 11.9 Å². The van der Waals surface area contributed by atoms with Crippen LogP contribution in [0.4, 0.5) is 0 Å². The highest BCUT2D eigenvalue weighted by Crippen LogP contribution is 2.26. The highest BCUT2D eigenvalue weighted by Gasteiger charge is 2.33. The lowest BCUT2D eigenvalue weighted by Gasteiger charge is -2.35. The lowest BCUT2D eigenvalue weighted by Crippen LogP contribution is -2.41. The molecule has 0 bridgehead atoms. The van der Waals surface area contributed by atoms with Crippen LogP contribution in [0, 0.1) is 5.41 Å². The first-order valence-corrected chi connectivity index (χ1v) is 13.1. The highest BCUT2D eigenvalue weighted by atomic mass is 16.7. The number of hydrogen-bond donors (Lipinski definition) is 0. The van der Waals surface area contributed by atoms with Crippen molar-refractivity contribution in [2.24, 2.45) is 5.41 Å². The zero-order valence-corrected chi connectivity index (χ0v) is 20.8. The minimum absolute atomic E-state index is 0.222. The fourth-order valence-electron chi connectivity index (χ4n) is 3.89. The first kappa shape index (κ1) is 28.9. The summed E-state index contributed by atoms with van der Waals surface area (Å²) in [6.45, 7) is 6.47. The smallest absolute Gasteiger partial charge is 0.305 e. The highest BCUT2D eigenvalue weighted by molar-refractivity contribution is 5.72. The largest absolute Gasteiger partial charge is 0.466 e. The molecule has 1 heterocycles. The summed E-state index contributed by atoms with van der Waals surface area (Å²) in [7, 11) is 0. The third-order valence-corrected chi connectivity index (χ3v) is 6.30. The summed E-state index contributed by atoms with van der Waals surface area (Å²) in [5.41, 5.74) is -0.249. The van der Waals surface area contributed by atoms with Crippen molar-refractivity contribution in [2.75, 3.05) is 33.2 Å². The van der Waals surface area contributed by atoms with Gasteiger partial charge in [0, 0.05) is 12.8 Å². The molecule has 1 aliphatic rings. The molecule has 0 N–H and O–H groups in total. The van der Waals surface area contributed by atoms with Gasteiger partial charge in [-0.05, 0) is 19.3 Å². The molecule has 6 heteroatoms. The molecule has 1 saturated heterocycles. The minimum Gasteiger partial charge on any atom is -0.466 e. The number of ether oxygens (including phenoxy) is 4. The van der Waals surface area contributed by atoms with Crippen molar-refractivity contribution in [3.05, 3.63) is 0 Å². The van der Waals surface area contributed by atoms with Crippen molar-refractivity contribution in [3.8, 4) is 0 Å². The molecule has 0 unspecified atom stereocenters. The van der Waals surface area contributed by atoms with E-state index in [1.54, 1.807) is 0 Å². The Morgan fingerprint density at radius 2 is 1.19 bits per heavy atom. The van der Waals surface area contributed by atoms with Gasteiger partial charge in [-0.3, -0.25) is 9.59 Å². The normalized spacial score (nSPS) is 15.4. The third kappa shape index (κ3) is 14.8. The van der Waals surface area contributed by atoms with Crippen molar-refractivity contribution in [1.82, 2.24) is 0 Å². The van der Waals surface area contributed by atoms with E-state index in [0.717, 1.165) is 19.3 Å². The van der Waals surface area contributed by atoms with E-state index in [1.807, 2.05) is 6.92 Å². The van der Waals surface area contributed by atoms with E-state index in [2.05, 4.69) is 6.92 Å². The zero-order valence-electron chi connectivity index (χ0n) is 20.8. The van der Waals surface area contributed by atoms with Crippen LogP contribution < -0.4 is 0 Å². The molecule has 0 aromatic heterocycles. The van der Waals surface area contributed by atoms with Crippen LogP contribution in [0.3, 0.4) is 0 Å². The second kappa shape index (κ2) is 19.3. The Balaban J connectivity index is 1.88. The van der Waals surface area contributed by atoms with Crippen LogP contribution in [-0.4, -0.2) is 45.2 Å². The average Bonchev–Trinajstić information content (AvgIpc) is 2.81. The van der Waals surface area contributed by atoms with E-state index < -0.39 is 0 Å². The van der Waals surface area contributed by atoms with Crippen LogP contribution in [0.15, 0.2) is 0 Å². The van der Waals surface area contributed by atoms with E-state index in [0.29, 0.717) is 39.6 Å². The number of rotatable bonds is 20. The van der Waals surface area contributed by atoms with E-state index in [-0.39, 0.29) is 30.2 Å². The average molecular weight is 457 g/mol. The van der Waals surface area contributed by atoms with Gasteiger partial charge in [0.1, 0.15) is 13.4 Å². The molecule has 1 aliphatic heterocycles. The van der Waals surface area contributed by atoms with Crippen LogP contribution in [0.1, 0.15) is 117 Å². The second-order valence-electron chi connectivity index (χ2n) is 9.29. The summed E-state index contributed by atoms with van der Waals surface area (Å²) in [5, 5.41) is 0. The monoisotopic (exact) mass is 456 g/mol. The molecule has 6 nitrogen and oxygen atoms in total. The van der Waals surface area contributed by atoms with Crippen LogP contribution >= 0.6 is 0 Å². The third-order valence-electron chi connectivity index (χ3n) is 6.30. The fourth-order valence-corrected chi connectivity index (χ4v) is 3.89. The number of hydrogen-bond acceptors (Lipinski definition) is 6. The summed E-state index contributed by atoms with van der Waals surface area (Å²) in [4.78, 5) is 23.8. The lowest BCUT2D eigenvalue weighted by molar-refractivity contribution is -0.187. The van der Waals surface area contributed by atoms with Crippen molar-refractivity contribution in [2.45, 2.75) is 117 Å². The number of unbranched alkanes of at least 4 members (excludes halogenated alkanes) is 11. The maximum absolute atomic E-state index is 12.0. The lowest BCUT2D eigenvalue weighted by atomic mass is 9.87. The van der Waals surface area contributed by atoms with Crippen LogP contribution in [0.2, 0.25) is 0 Å². The maximum atomic E-state index is 12.0. The summed E-state index contributed by atoms with van der Waals surface area (Å²) in [5.74, 6) is -0.503. The molecular weight excluding hydrogens is 408 g/mol. The molecule has 0 aliphatic carbocycles. The first-order chi connectivity index (χ1) is 15.6. The van der Waals surface area contributed by atoms with Gasteiger partial charge in [-0.1, -0.05) is 84.5 Å². The maximum Gasteiger partial charge on any atom is 0.305 e. The summed E-state index contributed by atoms with van der Waals surface area (Å²) in [6.07, 6.45) is 17.2. The van der Waals surface area contributed by atoms with E-state index >= 15 is 0 Å². The number of esters is 2. The second-order valence-corrected chi connectivity index (χ2v) is 9.29. The molecule has 188 valence electrons. The Hall–Kier alpha value is -1.14. The quantitative estimate of drug-likeness (QED) is 0.157. The van der Waals surface area contributed by atoms with Gasteiger partial charge < -0.3 is 18.9 Å². The first-order valence-electron chi connectivity index (χ1n) is 13.1. The molecule has 32 heavy (non-hydrogen) atoms. The van der Waals surface area contributed by atoms with Gasteiger partial charge in [-0.2, -0.15) is 0 Å². The Morgan fingerprint density at radius 3 is 1.72 bits per heavy atom. The Morgan fingerprint density at radius 1 is 0.688 bits per heavy atom. The molecule has 0 amide bonds. The molecular formula is C26H48O6. The summed E-state index contributed by atoms with van der Waals surface area (Å²) < 4.78 is 21.4. The van der Waals surface area contributed by atoms with Gasteiger partial charge in [0.25, 0.3) is 0 Å². The number of carbonyl (C=O) groups excluding carboxylic acids is 2. The Bertz CT molecular complexity index is 473. The fraction of sp³-hybridized carbons (Fsp3) is 0.923. The van der Waals surface area contributed by atoms with Crippen LogP contribution in [0.5, 0.6) is 0 Å². The predicted octanol–water partition coefficient (Wildman–Crippen LogP) is 6.34. The van der Waals surface area contributed by atoms with Gasteiger partial charge in [0.05, 0.1) is 25.2 Å². The van der Waals surface area contributed by atoms with Crippen molar-refractivity contribution >= 4 is 11.9 Å². The standard InChI is InChI=1S/C26H48O6/c1-3-5-6-7-8-9-10-11-12-13-14-15-19-31-24(27)17-16-18-25(28)32-22-26(4-2)20-29-23-30-21-26/h3-23H2,1-2H3. The topological polar surface area (TPSA) is 71.1 Å². The molecule has 0 saturated carbocycles. The van der Waals surface area contributed by atoms with E-state index in [1.165, 1.54) is 64.2 Å². The Labute approximate surface area is 196 Å². The van der Waals surface area contributed by atoms with Crippen LogP contribution in [0.25, 0.3) is 0 Å². The van der Waals surface area contributed by atoms with Gasteiger partial charge in [-0.25, -0.2) is 0 Å². The summed E-state index contributed by atoms with van der Waals surface area (Å²) in [6, 6.07) is 0. The van der Waals surface area contributed by atoms with Gasteiger partial charge in [-0.15, -0.1) is 0 Å². The summed E-state index contributed by atoms with van der Waals surface area (Å²) >= 11 is 0. The van der Waals surface area contributed by atoms with Crippen molar-refractivity contribution in [1.29, 1.82) is 0 Å². The molecule has 1 fully saturated rings. The molecule has 0 aromatic rings. The molecule has 0 atom stereocenters. The molecule has 0 radical (unpaired) electrons. The van der Waals surface area contributed by atoms with Gasteiger partial charge in [0.2, 0.25) is 0 Å². The molecule has 1 rings (SSSR count). The van der Waals surface area contributed by atoms with Crippen LogP contribution in [-0.2, 0) is 28.5 Å².